The zero-order valence-electron chi connectivity index (χ0n) is 52.6. The molecule has 0 saturated carbocycles. The number of amides is 8. The van der Waals surface area contributed by atoms with Crippen LogP contribution in [0, 0.1) is 12.8 Å². The molecule has 536 valence electrons. The summed E-state index contributed by atoms with van der Waals surface area (Å²) in [6.45, 7) is 4.35. The maximum Gasteiger partial charge on any atom is 0.404 e. The molecule has 2 aliphatic heterocycles. The molecule has 0 radical (unpaired) electrons. The number of primary amides is 3. The number of hydrogen-bond acceptors (Lipinski definition) is 32. The molecule has 29 N–H and O–H groups in total. The zero-order chi connectivity index (χ0) is 71.7. The van der Waals surface area contributed by atoms with Crippen molar-refractivity contribution < 1.29 is 103 Å². The van der Waals surface area contributed by atoms with E-state index in [-0.39, 0.29) is 60.0 Å². The predicted molar refractivity (Wildman–Crippen MR) is 335 cm³/mol. The van der Waals surface area contributed by atoms with Crippen LogP contribution in [0.1, 0.15) is 95.2 Å². The summed E-state index contributed by atoms with van der Waals surface area (Å²) in [6, 6.07) is -7.90. The Labute approximate surface area is 559 Å². The number of rotatable bonds is 35. The maximum atomic E-state index is 15.2. The number of nitrogens with zero attached hydrogens (tertiary/aromatic N) is 6. The Kier molecular flexibility index (Phi) is 28.6. The summed E-state index contributed by atoms with van der Waals surface area (Å²) in [5, 5.41) is 108. The van der Waals surface area contributed by atoms with Crippen molar-refractivity contribution in [3.05, 3.63) is 56.8 Å². The molecule has 6 rings (SSSR count). The molecule has 4 aromatic rings. The van der Waals surface area contributed by atoms with Crippen molar-refractivity contribution in [3.8, 4) is 10.7 Å². The third kappa shape index (κ3) is 21.1. The lowest BCUT2D eigenvalue weighted by atomic mass is 9.96. The van der Waals surface area contributed by atoms with Crippen LogP contribution in [0.25, 0.3) is 10.7 Å². The molecule has 0 spiro atoms. The van der Waals surface area contributed by atoms with Crippen molar-refractivity contribution in [3.63, 3.8) is 0 Å². The highest BCUT2D eigenvalue weighted by molar-refractivity contribution is 7.14. The van der Waals surface area contributed by atoms with Gasteiger partial charge < -0.3 is 142 Å². The van der Waals surface area contributed by atoms with E-state index in [2.05, 4.69) is 66.8 Å². The third-order valence-electron chi connectivity index (χ3n) is 15.1. The molecule has 19 atom stereocenters. The van der Waals surface area contributed by atoms with Gasteiger partial charge in [-0.25, -0.2) is 29.7 Å². The lowest BCUT2D eigenvalue weighted by molar-refractivity contribution is -0.388. The number of nitrogen functional groups attached to an aromatic ring is 1. The largest absolute Gasteiger partial charge is 0.440 e. The summed E-state index contributed by atoms with van der Waals surface area (Å²) < 4.78 is 28.1. The Hall–Kier alpha value is -8.38. The number of anilines is 1. The van der Waals surface area contributed by atoms with E-state index in [4.69, 9.17) is 63.8 Å². The van der Waals surface area contributed by atoms with Crippen LogP contribution in [-0.2, 0) is 54.1 Å². The molecule has 6 heterocycles. The Morgan fingerprint density at radius 2 is 1.51 bits per heavy atom. The average molecular weight is 1410 g/mol. The van der Waals surface area contributed by atoms with Gasteiger partial charge in [0.15, 0.2) is 30.9 Å². The van der Waals surface area contributed by atoms with Crippen LogP contribution in [0.4, 0.5) is 10.6 Å². The summed E-state index contributed by atoms with van der Waals surface area (Å²) in [7, 11) is 0. The molecule has 0 aromatic carbocycles. The summed E-state index contributed by atoms with van der Waals surface area (Å²) >= 11 is 2.46. The SMILES string of the molecule is Cc1c(N)nc(C(CC(N)=O)NC[C@H](N)C(N)=O)nc1C(=O)N[C@H](C(=O)N[C@H](C)[C@@H](O)C(C)C(=O)N[C@H](C(=O)NCCc1nc(-c2nc(C(=O)NCCCCN=C(N)N)cs2)cs1)[C@@H](C)O)[C@@H](O[C@@H]1O[C@@H](CO)[C@@H](O)[C@H](O)[C@@H]1O[C@H]1O[C@H](O)[C@@H](O)[C@H](OC(N)=O)[C@@H]1O)c1cnc[nH]1. The van der Waals surface area contributed by atoms with E-state index >= 15 is 4.79 Å². The number of imidazole rings is 1. The van der Waals surface area contributed by atoms with Crippen molar-refractivity contribution >= 4 is 81.9 Å². The number of carbonyl (C=O) groups is 8. The van der Waals surface area contributed by atoms with Gasteiger partial charge in [0.1, 0.15) is 88.5 Å². The van der Waals surface area contributed by atoms with E-state index in [1.54, 1.807) is 10.8 Å². The zero-order valence-corrected chi connectivity index (χ0v) is 54.2. The number of guanidine groups is 1. The second kappa shape index (κ2) is 35.7. The highest BCUT2D eigenvalue weighted by Gasteiger charge is 2.54. The minimum atomic E-state index is -2.28. The first-order valence-corrected chi connectivity index (χ1v) is 31.6. The third-order valence-corrected chi connectivity index (χ3v) is 16.9. The Morgan fingerprint density at radius 3 is 2.14 bits per heavy atom. The number of H-pyrrole nitrogens is 1. The maximum absolute atomic E-state index is 15.2. The fraction of sp³-hybridized carbons (Fsp3) is 0.593. The van der Waals surface area contributed by atoms with E-state index in [1.165, 1.54) is 50.4 Å². The van der Waals surface area contributed by atoms with E-state index in [0.29, 0.717) is 41.6 Å². The summed E-state index contributed by atoms with van der Waals surface area (Å²) in [4.78, 5) is 134. The molecule has 2 saturated heterocycles. The van der Waals surface area contributed by atoms with E-state index in [9.17, 15) is 74.4 Å². The van der Waals surface area contributed by atoms with Crippen molar-refractivity contribution in [2.24, 2.45) is 45.3 Å². The number of nitrogens with two attached hydrogens (primary N) is 7. The minimum Gasteiger partial charge on any atom is -0.440 e. The van der Waals surface area contributed by atoms with Crippen LogP contribution in [0.5, 0.6) is 0 Å². The average Bonchev–Trinajstić information content (AvgIpc) is 1.15. The lowest BCUT2D eigenvalue weighted by Gasteiger charge is -2.46. The fourth-order valence-electron chi connectivity index (χ4n) is 9.65. The molecular weight excluding hydrogens is 1330 g/mol. The van der Waals surface area contributed by atoms with Crippen LogP contribution in [0.2, 0.25) is 0 Å². The van der Waals surface area contributed by atoms with Gasteiger partial charge in [-0.05, 0) is 33.6 Å². The van der Waals surface area contributed by atoms with Crippen LogP contribution in [0.15, 0.2) is 28.3 Å². The van der Waals surface area contributed by atoms with E-state index < -0.39 is 176 Å². The normalized spacial score (nSPS) is 23.7. The van der Waals surface area contributed by atoms with Gasteiger partial charge in [-0.2, -0.15) is 0 Å². The number of aromatic nitrogens is 6. The van der Waals surface area contributed by atoms with Crippen LogP contribution in [0.3, 0.4) is 0 Å². The molecule has 41 nitrogen and oxygen atoms in total. The molecular formula is C54H82N20O21S2. The van der Waals surface area contributed by atoms with E-state index in [1.807, 2.05) is 0 Å². The number of aliphatic hydroxyl groups excluding tert-OH is 8. The van der Waals surface area contributed by atoms with Gasteiger partial charge in [0.05, 0.1) is 66.1 Å². The van der Waals surface area contributed by atoms with Gasteiger partial charge in [0.25, 0.3) is 11.8 Å². The lowest BCUT2D eigenvalue weighted by Crippen LogP contribution is -2.65. The Morgan fingerprint density at radius 1 is 0.784 bits per heavy atom. The molecule has 8 amide bonds. The number of hydrogen-bond donors (Lipinski definition) is 22. The molecule has 2 aliphatic rings. The van der Waals surface area contributed by atoms with E-state index in [0.717, 1.165) is 12.5 Å². The van der Waals surface area contributed by atoms with Crippen LogP contribution in [-0.4, -0.2) is 255 Å². The standard InChI is InChI=1S/C54H82N20O21S2/c1-18-30(71-43(74-41(18)57)23(11-28(56)77)66-12-22(55)42(58)83)47(87)73-32(38(24-13-62-17-67-24)92-52-40(35(80)34(79)27(14-75)91-52)93-51-37(82)39(94-54(61)90)36(81)50(89)95-51)48(88)68-20(3)33(78)19(2)44(84)72-31(21(4)76)46(86)64-10-7-29-69-26(16-96-29)49-70-25(15-97-49)45(85)63-8-5-6-9-65-53(59)60/h13,15-17,19-23,27,31-40,50-52,66,75-76,78-82,89H,5-12,14,55H2,1-4H3,(H2,56,77)(H2,58,83)(H2,61,90)(H,62,67)(H,63,85)(H,64,86)(H,68,88)(H,72,84)(H,73,87)(H2,57,71,74)(H4,59,60,65)/t19?,20-,21-,22+,23?,27+,31+,32+,33+,34-,35+,36+,37+,38+,39+,40+,50+,51+,52+/m1/s1. The Balaban J connectivity index is 1.24. The molecule has 0 aliphatic carbocycles. The number of ether oxygens (including phenoxy) is 5. The van der Waals surface area contributed by atoms with Crippen molar-refractivity contribution in [2.75, 3.05) is 38.5 Å². The molecule has 2 fully saturated rings. The summed E-state index contributed by atoms with van der Waals surface area (Å²) in [5.41, 5.74) is 38.5. The molecule has 97 heavy (non-hydrogen) atoms. The monoisotopic (exact) mass is 1410 g/mol. The Bertz CT molecular complexity index is 3370. The first-order valence-electron chi connectivity index (χ1n) is 29.9. The summed E-state index contributed by atoms with van der Waals surface area (Å²) in [6.07, 6.45) is -25.1. The molecule has 2 unspecified atom stereocenters. The summed E-state index contributed by atoms with van der Waals surface area (Å²) in [5.74, 6) is -8.88. The first kappa shape index (κ1) is 77.6. The first-order chi connectivity index (χ1) is 45.8. The number of aromatic amines is 1. The topological polar surface area (TPSA) is 691 Å². The van der Waals surface area contributed by atoms with Crippen molar-refractivity contribution in [2.45, 2.75) is 163 Å². The van der Waals surface area contributed by atoms with Crippen molar-refractivity contribution in [1.29, 1.82) is 0 Å². The highest BCUT2D eigenvalue weighted by atomic mass is 32.1. The van der Waals surface area contributed by atoms with Gasteiger partial charge in [0.2, 0.25) is 29.5 Å². The fourth-order valence-corrected chi connectivity index (χ4v) is 11.3. The minimum absolute atomic E-state index is 0.0179. The number of aliphatic imine (C=N–C) groups is 1. The van der Waals surface area contributed by atoms with Gasteiger partial charge >= 0.3 is 6.09 Å². The van der Waals surface area contributed by atoms with Gasteiger partial charge in [-0.1, -0.05) is 6.92 Å². The molecule has 43 heteroatoms. The van der Waals surface area contributed by atoms with Crippen LogP contribution >= 0.6 is 22.7 Å². The van der Waals surface area contributed by atoms with Crippen LogP contribution < -0.4 is 72.0 Å². The number of aliphatic hydroxyl groups is 8. The number of unbranched alkanes of at least 4 members (excludes halogenated alkanes) is 1. The number of thiazole rings is 2. The second-order valence-electron chi connectivity index (χ2n) is 22.5. The smallest absolute Gasteiger partial charge is 0.404 e. The number of nitrogens with one attached hydrogen (secondary N) is 7. The van der Waals surface area contributed by atoms with Gasteiger partial charge in [-0.3, -0.25) is 38.6 Å². The quantitative estimate of drug-likeness (QED) is 0.0116. The number of carbonyl (C=O) groups excluding carboxylic acids is 8. The van der Waals surface area contributed by atoms with Crippen molar-refractivity contribution in [1.82, 2.24) is 61.8 Å². The van der Waals surface area contributed by atoms with Gasteiger partial charge in [-0.15, -0.1) is 22.7 Å². The highest BCUT2D eigenvalue weighted by Crippen LogP contribution is 2.35. The van der Waals surface area contributed by atoms with Gasteiger partial charge in [0, 0.05) is 55.3 Å². The second-order valence-corrected chi connectivity index (χ2v) is 24.3. The predicted octanol–water partition coefficient (Wildman–Crippen LogP) is -8.96. The molecule has 4 aromatic heterocycles. The molecule has 0 bridgehead atoms.